The number of H-pyrrole nitrogens is 1. The van der Waals surface area contributed by atoms with Crippen LogP contribution in [0.1, 0.15) is 5.56 Å². The number of carbonyl (C=O) groups excluding carboxylic acids is 2. The van der Waals surface area contributed by atoms with Gasteiger partial charge in [-0.2, -0.15) is 0 Å². The van der Waals surface area contributed by atoms with E-state index in [1.807, 2.05) is 36.5 Å². The van der Waals surface area contributed by atoms with Crippen molar-refractivity contribution in [1.29, 1.82) is 0 Å². The lowest BCUT2D eigenvalue weighted by atomic mass is 10.0. The summed E-state index contributed by atoms with van der Waals surface area (Å²) in [7, 11) is 0. The Balaban J connectivity index is 1.36. The fraction of sp³-hybridized carbons (Fsp3) is 0.120. The largest absolute Gasteiger partial charge is 0.454 e. The highest BCUT2D eigenvalue weighted by Gasteiger charge is 2.24. The van der Waals surface area contributed by atoms with E-state index in [4.69, 9.17) is 14.2 Å². The monoisotopic (exact) mass is 443 g/mol. The molecule has 3 N–H and O–H groups in total. The summed E-state index contributed by atoms with van der Waals surface area (Å²) in [6.45, 7) is 0.142. The van der Waals surface area contributed by atoms with Gasteiger partial charge in [0.25, 0.3) is 0 Å². The van der Waals surface area contributed by atoms with Crippen LogP contribution in [-0.4, -0.2) is 29.8 Å². The van der Waals surface area contributed by atoms with Gasteiger partial charge < -0.3 is 29.8 Å². The summed E-state index contributed by atoms with van der Waals surface area (Å²) in [5, 5.41) is 6.53. The van der Waals surface area contributed by atoms with Gasteiger partial charge in [0.15, 0.2) is 11.5 Å². The Labute approximate surface area is 189 Å². The molecule has 1 atom stereocenters. The number of benzene rings is 3. The van der Waals surface area contributed by atoms with Crippen LogP contribution in [-0.2, 0) is 11.2 Å². The van der Waals surface area contributed by atoms with Crippen molar-refractivity contribution in [2.24, 2.45) is 0 Å². The smallest absolute Gasteiger partial charge is 0.413 e. The minimum Gasteiger partial charge on any atom is -0.454 e. The van der Waals surface area contributed by atoms with Gasteiger partial charge in [0.2, 0.25) is 12.7 Å². The van der Waals surface area contributed by atoms with E-state index in [-0.39, 0.29) is 19.1 Å². The summed E-state index contributed by atoms with van der Waals surface area (Å²) in [4.78, 5) is 29.0. The van der Waals surface area contributed by atoms with Crippen LogP contribution >= 0.6 is 0 Å². The van der Waals surface area contributed by atoms with Crippen molar-refractivity contribution >= 4 is 28.6 Å². The maximum Gasteiger partial charge on any atom is 0.413 e. The number of aromatic amines is 1. The highest BCUT2D eigenvalue weighted by atomic mass is 16.7. The first-order valence-electron chi connectivity index (χ1n) is 10.4. The summed E-state index contributed by atoms with van der Waals surface area (Å²) in [6, 6.07) is 20.7. The lowest BCUT2D eigenvalue weighted by Gasteiger charge is -2.18. The molecule has 33 heavy (non-hydrogen) atoms. The molecule has 166 valence electrons. The molecule has 0 bridgehead atoms. The van der Waals surface area contributed by atoms with Gasteiger partial charge in [-0.3, -0.25) is 4.79 Å². The van der Waals surface area contributed by atoms with Crippen LogP contribution in [0.4, 0.5) is 10.5 Å². The van der Waals surface area contributed by atoms with Gasteiger partial charge in [0.05, 0.1) is 0 Å². The van der Waals surface area contributed by atoms with Crippen molar-refractivity contribution in [1.82, 2.24) is 10.3 Å². The average Bonchev–Trinajstić information content (AvgIpc) is 3.46. The highest BCUT2D eigenvalue weighted by Crippen LogP contribution is 2.34. The molecule has 1 aliphatic rings. The van der Waals surface area contributed by atoms with Crippen molar-refractivity contribution in [3.05, 3.63) is 84.6 Å². The zero-order chi connectivity index (χ0) is 22.6. The van der Waals surface area contributed by atoms with Crippen LogP contribution in [0.25, 0.3) is 10.9 Å². The number of para-hydroxylation sites is 2. The molecule has 8 nitrogen and oxygen atoms in total. The van der Waals surface area contributed by atoms with Crippen molar-refractivity contribution < 1.29 is 23.8 Å². The fourth-order valence-electron chi connectivity index (χ4n) is 3.70. The molecule has 2 amide bonds. The number of hydrogen-bond donors (Lipinski definition) is 3. The molecule has 1 aliphatic heterocycles. The van der Waals surface area contributed by atoms with Gasteiger partial charge in [0.1, 0.15) is 11.8 Å². The van der Waals surface area contributed by atoms with Gasteiger partial charge in [0, 0.05) is 35.3 Å². The molecule has 5 rings (SSSR count). The molecule has 0 saturated heterocycles. The second-order valence-electron chi connectivity index (χ2n) is 7.52. The van der Waals surface area contributed by atoms with E-state index in [1.54, 1.807) is 42.5 Å². The Morgan fingerprint density at radius 1 is 0.970 bits per heavy atom. The summed E-state index contributed by atoms with van der Waals surface area (Å²) >= 11 is 0. The predicted octanol–water partition coefficient (Wildman–Crippen LogP) is 4.24. The van der Waals surface area contributed by atoms with Crippen LogP contribution in [0.5, 0.6) is 17.2 Å². The first kappa shape index (κ1) is 20.4. The summed E-state index contributed by atoms with van der Waals surface area (Å²) in [5.74, 6) is 1.17. The number of rotatable bonds is 6. The molecule has 0 saturated carbocycles. The van der Waals surface area contributed by atoms with Crippen molar-refractivity contribution in [2.75, 3.05) is 12.1 Å². The summed E-state index contributed by atoms with van der Waals surface area (Å²) in [6.07, 6.45) is 1.40. The molecule has 4 aromatic rings. The third-order valence-corrected chi connectivity index (χ3v) is 5.30. The van der Waals surface area contributed by atoms with E-state index in [0.717, 1.165) is 16.5 Å². The molecule has 1 aromatic heterocycles. The zero-order valence-corrected chi connectivity index (χ0v) is 17.5. The topological polar surface area (TPSA) is 102 Å². The standard InChI is InChI=1S/C25H21N3O5/c29-24(27-17-10-11-22-23(13-17)32-15-31-22)21(28-25(30)33-18-6-2-1-3-7-18)12-16-14-26-20-9-5-4-8-19(16)20/h1-11,13-14,21,26H,12,15H2,(H,27,29)(H,28,30)/t21-/m1/s1. The molecule has 2 heterocycles. The molecule has 0 unspecified atom stereocenters. The molecular weight excluding hydrogens is 422 g/mol. The second kappa shape index (κ2) is 8.96. The van der Waals surface area contributed by atoms with Gasteiger partial charge in [-0.1, -0.05) is 36.4 Å². The quantitative estimate of drug-likeness (QED) is 0.414. The van der Waals surface area contributed by atoms with Crippen LogP contribution in [0.2, 0.25) is 0 Å². The van der Waals surface area contributed by atoms with Crippen LogP contribution in [0.15, 0.2) is 79.0 Å². The van der Waals surface area contributed by atoms with E-state index in [2.05, 4.69) is 15.6 Å². The number of ether oxygens (including phenoxy) is 3. The van der Waals surface area contributed by atoms with Gasteiger partial charge >= 0.3 is 6.09 Å². The predicted molar refractivity (Wildman–Crippen MR) is 123 cm³/mol. The van der Waals surface area contributed by atoms with Gasteiger partial charge in [-0.15, -0.1) is 0 Å². The summed E-state index contributed by atoms with van der Waals surface area (Å²) < 4.78 is 16.0. The molecule has 0 radical (unpaired) electrons. The maximum absolute atomic E-state index is 13.2. The van der Waals surface area contributed by atoms with Crippen LogP contribution < -0.4 is 24.8 Å². The van der Waals surface area contributed by atoms with E-state index < -0.39 is 12.1 Å². The lowest BCUT2D eigenvalue weighted by molar-refractivity contribution is -0.118. The normalized spacial score (nSPS) is 12.8. The number of carbonyl (C=O) groups is 2. The zero-order valence-electron chi connectivity index (χ0n) is 17.5. The third kappa shape index (κ3) is 4.59. The van der Waals surface area contributed by atoms with Crippen LogP contribution in [0.3, 0.4) is 0 Å². The minimum absolute atomic E-state index is 0.142. The Morgan fingerprint density at radius 2 is 1.76 bits per heavy atom. The average molecular weight is 443 g/mol. The van der Waals surface area contributed by atoms with Gasteiger partial charge in [-0.25, -0.2) is 4.79 Å². The van der Waals surface area contributed by atoms with E-state index in [9.17, 15) is 9.59 Å². The number of aromatic nitrogens is 1. The highest BCUT2D eigenvalue weighted by molar-refractivity contribution is 5.97. The Kier molecular flexibility index (Phi) is 5.55. The Hall–Kier alpha value is -4.46. The number of nitrogens with one attached hydrogen (secondary N) is 3. The molecule has 3 aromatic carbocycles. The molecule has 0 aliphatic carbocycles. The maximum atomic E-state index is 13.2. The van der Waals surface area contributed by atoms with Crippen molar-refractivity contribution in [3.8, 4) is 17.2 Å². The van der Waals surface area contributed by atoms with Crippen molar-refractivity contribution in [3.63, 3.8) is 0 Å². The molecule has 0 fully saturated rings. The van der Waals surface area contributed by atoms with Crippen molar-refractivity contribution in [2.45, 2.75) is 12.5 Å². The van der Waals surface area contributed by atoms with E-state index in [1.165, 1.54) is 0 Å². The Morgan fingerprint density at radius 3 is 2.64 bits per heavy atom. The molecular formula is C25H21N3O5. The molecule has 8 heteroatoms. The first-order chi connectivity index (χ1) is 16.2. The third-order valence-electron chi connectivity index (χ3n) is 5.30. The number of anilines is 1. The Bertz CT molecular complexity index is 1300. The van der Waals surface area contributed by atoms with Crippen LogP contribution in [0, 0.1) is 0 Å². The second-order valence-corrected chi connectivity index (χ2v) is 7.52. The van der Waals surface area contributed by atoms with Gasteiger partial charge in [-0.05, 0) is 35.9 Å². The van der Waals surface area contributed by atoms with E-state index in [0.29, 0.717) is 22.9 Å². The number of fused-ring (bicyclic) bond motifs is 2. The SMILES string of the molecule is O=C(N[C@H](Cc1c[nH]c2ccccc12)C(=O)Nc1ccc2c(c1)OCO2)Oc1ccccc1. The fourth-order valence-corrected chi connectivity index (χ4v) is 3.70. The van der Waals surface area contributed by atoms with E-state index >= 15 is 0 Å². The molecule has 0 spiro atoms. The number of amides is 2. The lowest BCUT2D eigenvalue weighted by Crippen LogP contribution is -2.46. The minimum atomic E-state index is -0.883. The first-order valence-corrected chi connectivity index (χ1v) is 10.4. The summed E-state index contributed by atoms with van der Waals surface area (Å²) in [5.41, 5.74) is 2.39. The number of hydrogen-bond acceptors (Lipinski definition) is 5.